The molecule has 0 fully saturated rings. The largest absolute Gasteiger partial charge is 0.415 e. The highest BCUT2D eigenvalue weighted by atomic mass is 28.4. The summed E-state index contributed by atoms with van der Waals surface area (Å²) in [5.74, 6) is 0.718. The number of nitrogens with two attached hydrogens (primary N) is 1. The van der Waals surface area contributed by atoms with Gasteiger partial charge < -0.3 is 15.5 Å². The maximum Gasteiger partial charge on any atom is 0.184 e. The lowest BCUT2D eigenvalue weighted by atomic mass is 10.0. The SMILES string of the molecule is CN.CNCC(C)CC(CC[SiH](C)C)O[Si](C)(C)C. The number of hydrogen-bond acceptors (Lipinski definition) is 3. The highest BCUT2D eigenvalue weighted by Gasteiger charge is 2.22. The highest BCUT2D eigenvalue weighted by molar-refractivity contribution is 6.69. The average Bonchev–Trinajstić information content (AvgIpc) is 2.27. The fraction of sp³-hybridized carbons (Fsp3) is 1.00. The Morgan fingerprint density at radius 3 is 2.11 bits per heavy atom. The Morgan fingerprint density at radius 1 is 1.21 bits per heavy atom. The van der Waals surface area contributed by atoms with Crippen LogP contribution in [0, 0.1) is 5.92 Å². The first-order valence-corrected chi connectivity index (χ1v) is 14.2. The summed E-state index contributed by atoms with van der Waals surface area (Å²) in [7, 11) is 1.71. The van der Waals surface area contributed by atoms with Crippen molar-refractivity contribution in [3.05, 3.63) is 0 Å². The molecule has 0 aliphatic rings. The van der Waals surface area contributed by atoms with Gasteiger partial charge in [-0.3, -0.25) is 0 Å². The lowest BCUT2D eigenvalue weighted by molar-refractivity contribution is 0.159. The molecular weight excluding hydrogens is 268 g/mol. The fourth-order valence-corrected chi connectivity index (χ4v) is 4.38. The molecule has 19 heavy (non-hydrogen) atoms. The quantitative estimate of drug-likeness (QED) is 0.644. The summed E-state index contributed by atoms with van der Waals surface area (Å²) < 4.78 is 6.34. The molecule has 118 valence electrons. The van der Waals surface area contributed by atoms with Crippen LogP contribution in [0.25, 0.3) is 0 Å². The van der Waals surface area contributed by atoms with Crippen LogP contribution in [0.2, 0.25) is 38.8 Å². The van der Waals surface area contributed by atoms with Gasteiger partial charge in [0, 0.05) is 14.9 Å². The molecule has 3 nitrogen and oxygen atoms in total. The molecular formula is C14H38N2OSi2. The van der Waals surface area contributed by atoms with Crippen LogP contribution < -0.4 is 11.1 Å². The molecule has 2 atom stereocenters. The molecule has 0 aliphatic heterocycles. The van der Waals surface area contributed by atoms with Crippen LogP contribution in [0.4, 0.5) is 0 Å². The molecule has 3 N–H and O–H groups in total. The molecule has 5 heteroatoms. The van der Waals surface area contributed by atoms with Crippen LogP contribution in [0.1, 0.15) is 19.8 Å². The monoisotopic (exact) mass is 306 g/mol. The van der Waals surface area contributed by atoms with Gasteiger partial charge in [-0.25, -0.2) is 0 Å². The molecule has 0 heterocycles. The van der Waals surface area contributed by atoms with Crippen molar-refractivity contribution >= 4 is 17.1 Å². The second-order valence-electron chi connectivity index (χ2n) is 6.72. The molecule has 0 radical (unpaired) electrons. The summed E-state index contributed by atoms with van der Waals surface area (Å²) in [5, 5.41) is 3.26. The number of rotatable bonds is 9. The van der Waals surface area contributed by atoms with E-state index >= 15 is 0 Å². The van der Waals surface area contributed by atoms with Gasteiger partial charge in [-0.1, -0.05) is 26.1 Å². The number of nitrogens with one attached hydrogen (secondary N) is 1. The van der Waals surface area contributed by atoms with E-state index in [1.807, 2.05) is 7.05 Å². The van der Waals surface area contributed by atoms with Crippen LogP contribution in [0.5, 0.6) is 0 Å². The van der Waals surface area contributed by atoms with E-state index in [4.69, 9.17) is 4.43 Å². The molecule has 0 bridgehead atoms. The smallest absolute Gasteiger partial charge is 0.184 e. The summed E-state index contributed by atoms with van der Waals surface area (Å²) in [6, 6.07) is 1.42. The van der Waals surface area contributed by atoms with Crippen molar-refractivity contribution in [3.8, 4) is 0 Å². The Labute approximate surface area is 124 Å². The molecule has 0 amide bonds. The number of hydrogen-bond donors (Lipinski definition) is 2. The Balaban J connectivity index is 0. The van der Waals surface area contributed by atoms with E-state index in [0.717, 1.165) is 12.5 Å². The van der Waals surface area contributed by atoms with Crippen molar-refractivity contribution in [1.82, 2.24) is 5.32 Å². The summed E-state index contributed by atoms with van der Waals surface area (Å²) in [4.78, 5) is 0. The summed E-state index contributed by atoms with van der Waals surface area (Å²) in [6.07, 6.45) is 2.99. The Bertz CT molecular complexity index is 196. The van der Waals surface area contributed by atoms with Gasteiger partial charge in [-0.05, 0) is 59.0 Å². The van der Waals surface area contributed by atoms with E-state index in [1.165, 1.54) is 25.9 Å². The minimum Gasteiger partial charge on any atom is -0.415 e. The lowest BCUT2D eigenvalue weighted by Crippen LogP contribution is -2.34. The van der Waals surface area contributed by atoms with Crippen LogP contribution in [-0.2, 0) is 4.43 Å². The average molecular weight is 307 g/mol. The van der Waals surface area contributed by atoms with Gasteiger partial charge in [-0.2, -0.15) is 0 Å². The molecule has 0 aromatic rings. The van der Waals surface area contributed by atoms with Gasteiger partial charge in [0.25, 0.3) is 0 Å². The third kappa shape index (κ3) is 16.3. The van der Waals surface area contributed by atoms with Gasteiger partial charge in [0.1, 0.15) is 0 Å². The molecule has 0 saturated heterocycles. The van der Waals surface area contributed by atoms with Crippen LogP contribution in [-0.4, -0.2) is 43.9 Å². The first-order chi connectivity index (χ1) is 8.74. The van der Waals surface area contributed by atoms with Crippen LogP contribution in [0.15, 0.2) is 0 Å². The molecule has 0 aliphatic carbocycles. The first-order valence-electron chi connectivity index (χ1n) is 7.64. The predicted octanol–water partition coefficient (Wildman–Crippen LogP) is 2.90. The van der Waals surface area contributed by atoms with Gasteiger partial charge in [0.2, 0.25) is 0 Å². The lowest BCUT2D eigenvalue weighted by Gasteiger charge is -2.29. The topological polar surface area (TPSA) is 47.3 Å². The predicted molar refractivity (Wildman–Crippen MR) is 94.3 cm³/mol. The Kier molecular flexibility index (Phi) is 13.7. The standard InChI is InChI=1S/C13H33NOSi2.CH5N/c1-12(11-14-2)10-13(8-9-16(3)4)15-17(5,6)7;1-2/h12-14,16H,8-11H2,1-7H3;2H2,1H3. The van der Waals surface area contributed by atoms with Gasteiger partial charge in [0.05, 0.1) is 0 Å². The zero-order valence-electron chi connectivity index (χ0n) is 14.5. The van der Waals surface area contributed by atoms with E-state index in [-0.39, 0.29) is 0 Å². The van der Waals surface area contributed by atoms with Crippen molar-refractivity contribution < 1.29 is 4.43 Å². The fourth-order valence-electron chi connectivity index (χ4n) is 2.12. The van der Waals surface area contributed by atoms with Crippen molar-refractivity contribution in [2.75, 3.05) is 20.6 Å². The van der Waals surface area contributed by atoms with Crippen molar-refractivity contribution in [1.29, 1.82) is 0 Å². The molecule has 0 aromatic carbocycles. The maximum atomic E-state index is 6.34. The molecule has 0 saturated carbocycles. The van der Waals surface area contributed by atoms with Crippen molar-refractivity contribution in [3.63, 3.8) is 0 Å². The summed E-state index contributed by atoms with van der Waals surface area (Å²) in [5.41, 5.74) is 4.50. The second kappa shape index (κ2) is 12.1. The summed E-state index contributed by atoms with van der Waals surface area (Å²) >= 11 is 0. The van der Waals surface area contributed by atoms with E-state index < -0.39 is 17.1 Å². The van der Waals surface area contributed by atoms with Gasteiger partial charge in [-0.15, -0.1) is 0 Å². The van der Waals surface area contributed by atoms with E-state index in [9.17, 15) is 0 Å². The van der Waals surface area contributed by atoms with Gasteiger partial charge in [0.15, 0.2) is 8.32 Å². The van der Waals surface area contributed by atoms with E-state index in [0.29, 0.717) is 6.10 Å². The zero-order valence-corrected chi connectivity index (χ0v) is 16.7. The Hall–Kier alpha value is 0.314. The van der Waals surface area contributed by atoms with Gasteiger partial charge >= 0.3 is 0 Å². The van der Waals surface area contributed by atoms with Crippen molar-refractivity contribution in [2.24, 2.45) is 11.7 Å². The van der Waals surface area contributed by atoms with Crippen LogP contribution in [0.3, 0.4) is 0 Å². The molecule has 2 unspecified atom stereocenters. The third-order valence-electron chi connectivity index (χ3n) is 2.80. The van der Waals surface area contributed by atoms with E-state index in [1.54, 1.807) is 0 Å². The minimum atomic E-state index is -1.39. The summed E-state index contributed by atoms with van der Waals surface area (Å²) in [6.45, 7) is 15.2. The molecule has 0 spiro atoms. The zero-order chi connectivity index (χ0) is 15.5. The van der Waals surface area contributed by atoms with E-state index in [2.05, 4.69) is 50.7 Å². The van der Waals surface area contributed by atoms with Crippen molar-refractivity contribution in [2.45, 2.75) is 64.6 Å². The second-order valence-corrected chi connectivity index (χ2v) is 14.5. The molecule has 0 aromatic heterocycles. The molecule has 0 rings (SSSR count). The van der Waals surface area contributed by atoms with Crippen LogP contribution >= 0.6 is 0 Å². The first kappa shape index (κ1) is 21.6. The highest BCUT2D eigenvalue weighted by Crippen LogP contribution is 2.19. The Morgan fingerprint density at radius 2 is 1.74 bits per heavy atom. The minimum absolute atomic E-state index is 0.436. The normalized spacial score (nSPS) is 14.8. The third-order valence-corrected chi connectivity index (χ3v) is 5.33. The maximum absolute atomic E-state index is 6.34.